The molecule has 2 rings (SSSR count). The van der Waals surface area contributed by atoms with Crippen molar-refractivity contribution in [3.05, 3.63) is 48.0 Å². The molecule has 0 aromatic heterocycles. The summed E-state index contributed by atoms with van der Waals surface area (Å²) in [6, 6.07) is 12.3. The summed E-state index contributed by atoms with van der Waals surface area (Å²) in [4.78, 5) is 12.3. The number of ether oxygens (including phenoxy) is 2. The van der Waals surface area contributed by atoms with Gasteiger partial charge < -0.3 is 20.5 Å². The Morgan fingerprint density at radius 2 is 1.68 bits per heavy atom. The molecule has 0 saturated carbocycles. The number of benzene rings is 2. The summed E-state index contributed by atoms with van der Waals surface area (Å²) in [6.07, 6.45) is 0. The van der Waals surface area contributed by atoms with Gasteiger partial charge in [-0.2, -0.15) is 0 Å². The van der Waals surface area contributed by atoms with Crippen LogP contribution in [0.5, 0.6) is 11.5 Å². The molecule has 116 valence electrons. The predicted molar refractivity (Wildman–Crippen MR) is 87.6 cm³/mol. The molecule has 3 N–H and O–H groups in total. The SMILES string of the molecule is CCOc1cc(NC(=O)c2ccccc2)c(OCC)cc1N. The van der Waals surface area contributed by atoms with Crippen LogP contribution in [-0.2, 0) is 0 Å². The maximum absolute atomic E-state index is 12.3. The van der Waals surface area contributed by atoms with E-state index in [9.17, 15) is 4.79 Å². The molecule has 0 saturated heterocycles. The topological polar surface area (TPSA) is 73.6 Å². The van der Waals surface area contributed by atoms with Crippen molar-refractivity contribution in [1.82, 2.24) is 0 Å². The smallest absolute Gasteiger partial charge is 0.255 e. The van der Waals surface area contributed by atoms with Crippen LogP contribution >= 0.6 is 0 Å². The number of nitrogen functional groups attached to an aromatic ring is 1. The van der Waals surface area contributed by atoms with Gasteiger partial charge in [-0.25, -0.2) is 0 Å². The first-order chi connectivity index (χ1) is 10.7. The predicted octanol–water partition coefficient (Wildman–Crippen LogP) is 3.32. The molecule has 2 aromatic carbocycles. The zero-order valence-electron chi connectivity index (χ0n) is 12.8. The lowest BCUT2D eigenvalue weighted by atomic mass is 10.2. The van der Waals surface area contributed by atoms with Gasteiger partial charge >= 0.3 is 0 Å². The molecule has 2 aromatic rings. The van der Waals surface area contributed by atoms with E-state index >= 15 is 0 Å². The van der Waals surface area contributed by atoms with Gasteiger partial charge in [0, 0.05) is 17.7 Å². The Bertz CT molecular complexity index is 642. The summed E-state index contributed by atoms with van der Waals surface area (Å²) in [5.74, 6) is 0.829. The van der Waals surface area contributed by atoms with Crippen molar-refractivity contribution in [3.8, 4) is 11.5 Å². The van der Waals surface area contributed by atoms with Crippen LogP contribution < -0.4 is 20.5 Å². The van der Waals surface area contributed by atoms with Crippen LogP contribution in [0.15, 0.2) is 42.5 Å². The molecule has 22 heavy (non-hydrogen) atoms. The first kappa shape index (κ1) is 15.7. The first-order valence-corrected chi connectivity index (χ1v) is 7.21. The highest BCUT2D eigenvalue weighted by molar-refractivity contribution is 6.05. The van der Waals surface area contributed by atoms with Crippen LogP contribution in [0.25, 0.3) is 0 Å². The number of nitrogens with one attached hydrogen (secondary N) is 1. The van der Waals surface area contributed by atoms with E-state index in [-0.39, 0.29) is 5.91 Å². The Balaban J connectivity index is 2.31. The average Bonchev–Trinajstić information content (AvgIpc) is 2.53. The largest absolute Gasteiger partial charge is 0.492 e. The van der Waals surface area contributed by atoms with Gasteiger partial charge in [0.1, 0.15) is 11.5 Å². The zero-order valence-corrected chi connectivity index (χ0v) is 12.8. The molecule has 0 aliphatic heterocycles. The van der Waals surface area contributed by atoms with Crippen molar-refractivity contribution >= 4 is 17.3 Å². The molecule has 0 aliphatic carbocycles. The maximum atomic E-state index is 12.3. The molecule has 1 amide bonds. The second-order valence-electron chi connectivity index (χ2n) is 4.57. The fourth-order valence-electron chi connectivity index (χ4n) is 2.01. The number of hydrogen-bond donors (Lipinski definition) is 2. The highest BCUT2D eigenvalue weighted by Gasteiger charge is 2.13. The van der Waals surface area contributed by atoms with Gasteiger partial charge in [0.2, 0.25) is 0 Å². The van der Waals surface area contributed by atoms with Gasteiger partial charge in [0.05, 0.1) is 24.6 Å². The lowest BCUT2D eigenvalue weighted by Crippen LogP contribution is -2.13. The van der Waals surface area contributed by atoms with E-state index in [1.165, 1.54) is 0 Å². The molecular formula is C17H20N2O3. The number of rotatable bonds is 6. The Hall–Kier alpha value is -2.69. The molecule has 0 atom stereocenters. The van der Waals surface area contributed by atoms with E-state index in [4.69, 9.17) is 15.2 Å². The Labute approximate surface area is 130 Å². The van der Waals surface area contributed by atoms with E-state index in [1.807, 2.05) is 32.0 Å². The summed E-state index contributed by atoms with van der Waals surface area (Å²) in [7, 11) is 0. The third-order valence-corrected chi connectivity index (χ3v) is 3.00. The lowest BCUT2D eigenvalue weighted by molar-refractivity contribution is 0.102. The molecular weight excluding hydrogens is 280 g/mol. The fourth-order valence-corrected chi connectivity index (χ4v) is 2.01. The number of amides is 1. The monoisotopic (exact) mass is 300 g/mol. The van der Waals surface area contributed by atoms with Crippen LogP contribution in [0.2, 0.25) is 0 Å². The van der Waals surface area contributed by atoms with Crippen LogP contribution in [0.4, 0.5) is 11.4 Å². The molecule has 0 bridgehead atoms. The molecule has 0 unspecified atom stereocenters. The van der Waals surface area contributed by atoms with Crippen LogP contribution in [0.3, 0.4) is 0 Å². The number of hydrogen-bond acceptors (Lipinski definition) is 4. The normalized spacial score (nSPS) is 10.1. The summed E-state index contributed by atoms with van der Waals surface area (Å²) in [5.41, 5.74) is 7.51. The molecule has 0 spiro atoms. The van der Waals surface area contributed by atoms with Gasteiger partial charge in [0.25, 0.3) is 5.91 Å². The number of nitrogens with two attached hydrogens (primary N) is 1. The average molecular weight is 300 g/mol. The van der Waals surface area contributed by atoms with Crippen molar-refractivity contribution < 1.29 is 14.3 Å². The quantitative estimate of drug-likeness (QED) is 0.803. The summed E-state index contributed by atoms with van der Waals surface area (Å²) >= 11 is 0. The summed E-state index contributed by atoms with van der Waals surface area (Å²) < 4.78 is 11.0. The standard InChI is InChI=1S/C17H20N2O3/c1-3-21-15-11-14(16(22-4-2)10-13(15)18)19-17(20)12-8-6-5-7-9-12/h5-11H,3-4,18H2,1-2H3,(H,19,20). The van der Waals surface area contributed by atoms with Gasteiger partial charge in [0.15, 0.2) is 0 Å². The third kappa shape index (κ3) is 3.69. The van der Waals surface area contributed by atoms with E-state index in [2.05, 4.69) is 5.32 Å². The Morgan fingerprint density at radius 3 is 2.32 bits per heavy atom. The van der Waals surface area contributed by atoms with Crippen molar-refractivity contribution in [1.29, 1.82) is 0 Å². The molecule has 0 heterocycles. The molecule has 0 fully saturated rings. The Kier molecular flexibility index (Phi) is 5.25. The van der Waals surface area contributed by atoms with Gasteiger partial charge in [-0.1, -0.05) is 18.2 Å². The number of carbonyl (C=O) groups is 1. The lowest BCUT2D eigenvalue weighted by Gasteiger charge is -2.15. The van der Waals surface area contributed by atoms with Crippen molar-refractivity contribution in [3.63, 3.8) is 0 Å². The minimum Gasteiger partial charge on any atom is -0.492 e. The molecule has 5 heteroatoms. The maximum Gasteiger partial charge on any atom is 0.255 e. The first-order valence-electron chi connectivity index (χ1n) is 7.21. The summed E-state index contributed by atoms with van der Waals surface area (Å²) in [5, 5.41) is 2.84. The van der Waals surface area contributed by atoms with E-state index in [1.54, 1.807) is 24.3 Å². The highest BCUT2D eigenvalue weighted by atomic mass is 16.5. The summed E-state index contributed by atoms with van der Waals surface area (Å²) in [6.45, 7) is 4.71. The van der Waals surface area contributed by atoms with E-state index in [0.29, 0.717) is 41.7 Å². The van der Waals surface area contributed by atoms with Crippen LogP contribution in [0.1, 0.15) is 24.2 Å². The molecule has 5 nitrogen and oxygen atoms in total. The van der Waals surface area contributed by atoms with Crippen molar-refractivity contribution in [2.45, 2.75) is 13.8 Å². The van der Waals surface area contributed by atoms with E-state index in [0.717, 1.165) is 0 Å². The number of carbonyl (C=O) groups excluding carboxylic acids is 1. The molecule has 0 aliphatic rings. The minimum atomic E-state index is -0.214. The van der Waals surface area contributed by atoms with Crippen molar-refractivity contribution in [2.75, 3.05) is 24.3 Å². The Morgan fingerprint density at radius 1 is 1.05 bits per heavy atom. The van der Waals surface area contributed by atoms with Gasteiger partial charge in [-0.3, -0.25) is 4.79 Å². The highest BCUT2D eigenvalue weighted by Crippen LogP contribution is 2.35. The van der Waals surface area contributed by atoms with E-state index < -0.39 is 0 Å². The van der Waals surface area contributed by atoms with Crippen LogP contribution in [0, 0.1) is 0 Å². The van der Waals surface area contributed by atoms with Gasteiger partial charge in [-0.15, -0.1) is 0 Å². The molecule has 0 radical (unpaired) electrons. The van der Waals surface area contributed by atoms with Gasteiger partial charge in [-0.05, 0) is 26.0 Å². The minimum absolute atomic E-state index is 0.214. The second kappa shape index (κ2) is 7.36. The van der Waals surface area contributed by atoms with Crippen LogP contribution in [-0.4, -0.2) is 19.1 Å². The fraction of sp³-hybridized carbons (Fsp3) is 0.235. The van der Waals surface area contributed by atoms with Crippen molar-refractivity contribution in [2.24, 2.45) is 0 Å². The second-order valence-corrected chi connectivity index (χ2v) is 4.57. The third-order valence-electron chi connectivity index (χ3n) is 3.00. The number of anilines is 2. The zero-order chi connectivity index (χ0) is 15.9.